The number of benzene rings is 2. The van der Waals surface area contributed by atoms with Crippen molar-refractivity contribution in [1.29, 1.82) is 0 Å². The summed E-state index contributed by atoms with van der Waals surface area (Å²) in [6, 6.07) is 15.6. The number of hydrogen-bond donors (Lipinski definition) is 2. The van der Waals surface area contributed by atoms with E-state index in [-0.39, 0.29) is 12.2 Å². The second kappa shape index (κ2) is 9.71. The fourth-order valence-electron chi connectivity index (χ4n) is 3.65. The Morgan fingerprint density at radius 1 is 1.12 bits per heavy atom. The Balaban J connectivity index is 1.53. The molecule has 0 aliphatic carbocycles. The summed E-state index contributed by atoms with van der Waals surface area (Å²) in [7, 11) is 1.63. The van der Waals surface area contributed by atoms with Gasteiger partial charge in [0.1, 0.15) is 5.75 Å². The second-order valence-electron chi connectivity index (χ2n) is 7.75. The van der Waals surface area contributed by atoms with Gasteiger partial charge in [0.2, 0.25) is 0 Å². The lowest BCUT2D eigenvalue weighted by Gasteiger charge is -2.20. The Morgan fingerprint density at radius 2 is 1.94 bits per heavy atom. The van der Waals surface area contributed by atoms with Crippen molar-refractivity contribution >= 4 is 10.9 Å². The molecule has 0 aliphatic rings. The van der Waals surface area contributed by atoms with Crippen molar-refractivity contribution in [1.82, 2.24) is 30.1 Å². The van der Waals surface area contributed by atoms with Gasteiger partial charge in [0, 0.05) is 24.2 Å². The summed E-state index contributed by atoms with van der Waals surface area (Å²) in [6.45, 7) is 3.65. The van der Waals surface area contributed by atoms with E-state index in [0.717, 1.165) is 27.8 Å². The number of H-pyrrole nitrogens is 1. The molecule has 9 heteroatoms. The zero-order valence-electron chi connectivity index (χ0n) is 18.2. The number of tetrazole rings is 1. The number of aryl methyl sites for hydroxylation is 1. The van der Waals surface area contributed by atoms with Gasteiger partial charge in [-0.1, -0.05) is 23.8 Å². The molecule has 0 radical (unpaired) electrons. The van der Waals surface area contributed by atoms with E-state index < -0.39 is 0 Å². The number of nitrogens with one attached hydrogen (secondary N) is 1. The van der Waals surface area contributed by atoms with Crippen LogP contribution in [0.5, 0.6) is 5.75 Å². The van der Waals surface area contributed by atoms with E-state index in [1.165, 1.54) is 0 Å². The second-order valence-corrected chi connectivity index (χ2v) is 7.75. The lowest BCUT2D eigenvalue weighted by atomic mass is 10.1. The summed E-state index contributed by atoms with van der Waals surface area (Å²) >= 11 is 0. The zero-order valence-corrected chi connectivity index (χ0v) is 18.2. The van der Waals surface area contributed by atoms with E-state index >= 15 is 0 Å². The molecule has 0 fully saturated rings. The molecule has 32 heavy (non-hydrogen) atoms. The first kappa shape index (κ1) is 21.7. The van der Waals surface area contributed by atoms with Crippen LogP contribution in [0.25, 0.3) is 10.9 Å². The summed E-state index contributed by atoms with van der Waals surface area (Å²) < 4.78 is 6.92. The van der Waals surface area contributed by atoms with Crippen molar-refractivity contribution in [3.05, 3.63) is 81.4 Å². The standard InChI is InChI=1S/C23H26N6O3/c1-16-3-8-21-18(11-16)12-19(23(31)24-21)14-28(9-10-30)15-22-25-26-27-29(22)13-17-4-6-20(32-2)7-5-17/h3-8,11-12,30H,9-10,13-15H2,1-2H3,(H,24,31). The van der Waals surface area contributed by atoms with Gasteiger partial charge in [-0.05, 0) is 58.6 Å². The van der Waals surface area contributed by atoms with Crippen molar-refractivity contribution < 1.29 is 9.84 Å². The molecule has 0 spiro atoms. The first-order valence-corrected chi connectivity index (χ1v) is 10.4. The third-order valence-corrected chi connectivity index (χ3v) is 5.35. The minimum atomic E-state index is -0.137. The SMILES string of the molecule is COc1ccc(Cn2nnnc2CN(CCO)Cc2cc3cc(C)ccc3[nH]c2=O)cc1. The fraction of sp³-hybridized carbons (Fsp3) is 0.304. The highest BCUT2D eigenvalue weighted by Crippen LogP contribution is 2.16. The number of rotatable bonds is 9. The van der Waals surface area contributed by atoms with E-state index in [1.807, 2.05) is 60.4 Å². The van der Waals surface area contributed by atoms with Crippen LogP contribution in [0, 0.1) is 6.92 Å². The topological polar surface area (TPSA) is 109 Å². The van der Waals surface area contributed by atoms with E-state index in [4.69, 9.17) is 4.74 Å². The summed E-state index contributed by atoms with van der Waals surface area (Å²) in [6.07, 6.45) is 0. The highest BCUT2D eigenvalue weighted by Gasteiger charge is 2.15. The molecular formula is C23H26N6O3. The molecule has 2 heterocycles. The van der Waals surface area contributed by atoms with Crippen LogP contribution in [-0.2, 0) is 19.6 Å². The van der Waals surface area contributed by atoms with Crippen LogP contribution in [0.3, 0.4) is 0 Å². The van der Waals surface area contributed by atoms with Crippen LogP contribution >= 0.6 is 0 Å². The average molecular weight is 435 g/mol. The third-order valence-electron chi connectivity index (χ3n) is 5.35. The molecule has 166 valence electrons. The smallest absolute Gasteiger partial charge is 0.252 e. The van der Waals surface area contributed by atoms with Crippen LogP contribution in [0.1, 0.15) is 22.5 Å². The summed E-state index contributed by atoms with van der Waals surface area (Å²) in [5.74, 6) is 1.44. The predicted molar refractivity (Wildman–Crippen MR) is 120 cm³/mol. The summed E-state index contributed by atoms with van der Waals surface area (Å²) in [5.41, 5.74) is 3.46. The highest BCUT2D eigenvalue weighted by molar-refractivity contribution is 5.79. The molecule has 4 rings (SSSR count). The maximum absolute atomic E-state index is 12.6. The molecule has 0 saturated heterocycles. The van der Waals surface area contributed by atoms with Crippen molar-refractivity contribution in [2.75, 3.05) is 20.3 Å². The largest absolute Gasteiger partial charge is 0.497 e. The maximum atomic E-state index is 12.6. The maximum Gasteiger partial charge on any atom is 0.252 e. The number of aromatic nitrogens is 5. The monoisotopic (exact) mass is 434 g/mol. The van der Waals surface area contributed by atoms with Crippen LogP contribution in [0.15, 0.2) is 53.3 Å². The van der Waals surface area contributed by atoms with Crippen molar-refractivity contribution in [2.45, 2.75) is 26.6 Å². The number of aliphatic hydroxyl groups is 1. The minimum absolute atomic E-state index is 0.0371. The first-order valence-electron chi connectivity index (χ1n) is 10.4. The molecule has 2 aromatic carbocycles. The zero-order chi connectivity index (χ0) is 22.5. The van der Waals surface area contributed by atoms with Crippen molar-refractivity contribution in [3.8, 4) is 5.75 Å². The molecule has 0 unspecified atom stereocenters. The molecule has 4 aromatic rings. The summed E-state index contributed by atoms with van der Waals surface area (Å²) in [4.78, 5) is 17.5. The van der Waals surface area contributed by atoms with Gasteiger partial charge >= 0.3 is 0 Å². The van der Waals surface area contributed by atoms with Crippen LogP contribution in [0.2, 0.25) is 0 Å². The van der Waals surface area contributed by atoms with Gasteiger partial charge in [-0.2, -0.15) is 0 Å². The van der Waals surface area contributed by atoms with E-state index in [1.54, 1.807) is 11.8 Å². The first-order chi connectivity index (χ1) is 15.6. The molecule has 0 bridgehead atoms. The number of hydrogen-bond acceptors (Lipinski definition) is 7. The predicted octanol–water partition coefficient (Wildman–Crippen LogP) is 1.87. The molecule has 0 aliphatic heterocycles. The van der Waals surface area contributed by atoms with E-state index in [2.05, 4.69) is 20.5 Å². The van der Waals surface area contributed by atoms with Crippen LogP contribution in [0.4, 0.5) is 0 Å². The van der Waals surface area contributed by atoms with Crippen molar-refractivity contribution in [2.24, 2.45) is 0 Å². The molecule has 0 saturated carbocycles. The fourth-order valence-corrected chi connectivity index (χ4v) is 3.65. The number of fused-ring (bicyclic) bond motifs is 1. The lowest BCUT2D eigenvalue weighted by molar-refractivity contribution is 0.179. The number of aromatic amines is 1. The van der Waals surface area contributed by atoms with E-state index in [9.17, 15) is 9.90 Å². The van der Waals surface area contributed by atoms with Gasteiger partial charge in [-0.25, -0.2) is 4.68 Å². The molecule has 9 nitrogen and oxygen atoms in total. The Labute approximate surface area is 185 Å². The van der Waals surface area contributed by atoms with E-state index in [0.29, 0.717) is 37.6 Å². The highest BCUT2D eigenvalue weighted by atomic mass is 16.5. The Kier molecular flexibility index (Phi) is 6.58. The van der Waals surface area contributed by atoms with Crippen LogP contribution < -0.4 is 10.3 Å². The number of methoxy groups -OCH3 is 1. The molecule has 2 aromatic heterocycles. The number of nitrogens with zero attached hydrogens (tertiary/aromatic N) is 5. The Hall–Kier alpha value is -3.56. The van der Waals surface area contributed by atoms with Crippen molar-refractivity contribution in [3.63, 3.8) is 0 Å². The number of aliphatic hydroxyl groups excluding tert-OH is 1. The lowest BCUT2D eigenvalue weighted by Crippen LogP contribution is -2.30. The van der Waals surface area contributed by atoms with Gasteiger partial charge in [0.25, 0.3) is 5.56 Å². The molecule has 2 N–H and O–H groups in total. The number of ether oxygens (including phenoxy) is 1. The van der Waals surface area contributed by atoms with Gasteiger partial charge in [-0.15, -0.1) is 5.10 Å². The average Bonchev–Trinajstić information content (AvgIpc) is 3.21. The quantitative estimate of drug-likeness (QED) is 0.414. The van der Waals surface area contributed by atoms with Gasteiger partial charge in [0.05, 0.1) is 26.8 Å². The minimum Gasteiger partial charge on any atom is -0.497 e. The Bertz CT molecular complexity index is 1250. The normalized spacial score (nSPS) is 11.4. The molecule has 0 atom stereocenters. The van der Waals surface area contributed by atoms with Crippen LogP contribution in [-0.4, -0.2) is 55.5 Å². The van der Waals surface area contributed by atoms with Gasteiger partial charge < -0.3 is 14.8 Å². The summed E-state index contributed by atoms with van der Waals surface area (Å²) in [5, 5.41) is 22.6. The third kappa shape index (κ3) is 5.01. The van der Waals surface area contributed by atoms with Gasteiger partial charge in [0.15, 0.2) is 5.82 Å². The number of pyridine rings is 1. The van der Waals surface area contributed by atoms with Gasteiger partial charge in [-0.3, -0.25) is 9.69 Å². The Morgan fingerprint density at radius 3 is 2.69 bits per heavy atom. The molecular weight excluding hydrogens is 408 g/mol. The molecule has 0 amide bonds.